The number of amides is 7. The van der Waals surface area contributed by atoms with Crippen molar-refractivity contribution in [1.82, 2.24) is 51.0 Å². The molecule has 5 aromatic rings. The SMILES string of the molecule is CC#CC(=O)c1ccc(C(=O)NCCOCCOCc2cn(CCOCCNC(=O)c3ccc(OC4O[C@H](CO)[C@H](O)[C@H](O)[C@H]4O)c(OS(=O)(=O)Oc4ccc(COC(=O)N(C)[C@H](C(=O)N[C@H](C(=O)N(C)[C@@H](C(C)CC)[C@@H](CC(=O)N5CCC[C@H]5[C@H](OC)[C@@H](C)C(=O)NC(Cc5ccccc5)C(=O)O)OC)C(C)C)C(C)C)cc4)c3)nn2)cc1. The third kappa shape index (κ3) is 27.9. The van der Waals surface area contributed by atoms with Crippen LogP contribution < -0.4 is 34.4 Å². The Bertz CT molecular complexity index is 4340. The van der Waals surface area contributed by atoms with Crippen LogP contribution >= 0.6 is 0 Å². The Balaban J connectivity index is 0.894. The average molecular weight is 1690 g/mol. The van der Waals surface area contributed by atoms with E-state index in [1.807, 2.05) is 13.8 Å². The fourth-order valence-electron chi connectivity index (χ4n) is 13.7. The molecule has 36 nitrogen and oxygen atoms in total. The summed E-state index contributed by atoms with van der Waals surface area (Å²) in [6.45, 7) is 14.6. The van der Waals surface area contributed by atoms with Crippen molar-refractivity contribution in [2.45, 2.75) is 180 Å². The van der Waals surface area contributed by atoms with Gasteiger partial charge in [-0.15, -0.1) is 13.5 Å². The van der Waals surface area contributed by atoms with Gasteiger partial charge in [-0.25, -0.2) is 14.3 Å². The first-order valence-electron chi connectivity index (χ1n) is 39.2. The molecule has 119 heavy (non-hydrogen) atoms. The van der Waals surface area contributed by atoms with Gasteiger partial charge in [0, 0.05) is 71.1 Å². The molecule has 0 spiro atoms. The topological polar surface area (TPSA) is 470 Å². The molecule has 2 saturated heterocycles. The van der Waals surface area contributed by atoms with Gasteiger partial charge in [0.05, 0.1) is 95.6 Å². The number of likely N-dealkylation sites (tertiary alicyclic amines) is 1. The summed E-state index contributed by atoms with van der Waals surface area (Å²) in [7, 11) is 0.674. The van der Waals surface area contributed by atoms with Gasteiger partial charge >= 0.3 is 22.5 Å². The standard InChI is InChI=1S/C82H112N10O26S/c1-13-19-62(94)55-25-27-56(28-26-55)76(100)83-34-38-112-40-41-113-48-58-45-91(88-87-58)36-39-111-37-33-84-77(101)57-29-32-63(115-81-73(98)72(97)71(96)66(46-93)116-81)64(43-57)118-119(107,108)117-59-30-23-54(24-31-59)47-114-82(106)90(10)69(50(5)6)78(102)86-68(49(3)4)79(103)89(9)70(51(7)14-2)65(109-11)44-67(95)92-35-18-22-61(92)74(110-12)52(8)75(99)85-60(80(104)105)42-53-20-16-15-17-21-53/h15-17,20-21,23-32,43,45,49-52,60-61,65-66,68-74,81,93,96-98H,14,18,22,33-42,44,46-48H2,1-12H3,(H,83,100)(H,84,101)(H,85,99)(H,86,102)(H,104,105)/t51?,52-,60?,61+,65-,66-,68+,69+,70+,71+,72+,73-,74-,81?/m1/s1. The number of likely N-dealkylation sites (N-methyl/N-ethyl adjacent to an activating group) is 2. The van der Waals surface area contributed by atoms with E-state index in [0.29, 0.717) is 48.2 Å². The molecule has 7 amide bonds. The Morgan fingerprint density at radius 1 is 0.706 bits per heavy atom. The number of carbonyl (C=O) groups excluding carboxylic acids is 8. The lowest BCUT2D eigenvalue weighted by Crippen LogP contribution is -2.60. The zero-order chi connectivity index (χ0) is 87.2. The van der Waals surface area contributed by atoms with E-state index in [0.717, 1.165) is 22.6 Å². The van der Waals surface area contributed by atoms with Crippen molar-refractivity contribution in [3.63, 3.8) is 0 Å². The Hall–Kier alpha value is -10.2. The van der Waals surface area contributed by atoms with Crippen molar-refractivity contribution in [3.8, 4) is 29.1 Å². The Labute approximate surface area is 692 Å². The van der Waals surface area contributed by atoms with Crippen molar-refractivity contribution in [3.05, 3.63) is 137 Å². The number of Topliss-reactive ketones (excluding diaryl/α,β-unsaturated/α-hetero) is 1. The highest BCUT2D eigenvalue weighted by Gasteiger charge is 2.47. The number of carboxylic acid groups (broad SMARTS) is 1. The molecule has 37 heteroatoms. The van der Waals surface area contributed by atoms with Crippen molar-refractivity contribution in [2.24, 2.45) is 23.7 Å². The summed E-state index contributed by atoms with van der Waals surface area (Å²) < 4.78 is 85.3. The first kappa shape index (κ1) is 95.9. The van der Waals surface area contributed by atoms with Crippen LogP contribution in [0.4, 0.5) is 4.79 Å². The lowest BCUT2D eigenvalue weighted by atomic mass is 9.89. The van der Waals surface area contributed by atoms with Crippen LogP contribution in [0.5, 0.6) is 17.2 Å². The van der Waals surface area contributed by atoms with Crippen molar-refractivity contribution < 1.29 is 123 Å². The number of ether oxygens (including phenoxy) is 8. The first-order valence-corrected chi connectivity index (χ1v) is 40.6. The van der Waals surface area contributed by atoms with Gasteiger partial charge in [0.15, 0.2) is 11.5 Å². The second-order valence-electron chi connectivity index (χ2n) is 29.5. The van der Waals surface area contributed by atoms with E-state index in [-0.39, 0.29) is 107 Å². The molecule has 0 radical (unpaired) electrons. The van der Waals surface area contributed by atoms with E-state index in [1.165, 1.54) is 73.3 Å². The van der Waals surface area contributed by atoms with Crippen LogP contribution in [0.3, 0.4) is 0 Å². The summed E-state index contributed by atoms with van der Waals surface area (Å²) in [5.74, 6) is -3.21. The smallest absolute Gasteiger partial charge is 0.480 e. The quantitative estimate of drug-likeness (QED) is 0.0117. The number of nitrogens with one attached hydrogen (secondary N) is 4. The molecule has 2 fully saturated rings. The minimum Gasteiger partial charge on any atom is -0.480 e. The molecule has 652 valence electrons. The van der Waals surface area contributed by atoms with Crippen molar-refractivity contribution >= 4 is 63.7 Å². The number of rotatable bonds is 47. The predicted octanol–water partition coefficient (Wildman–Crippen LogP) is 3.24. The highest BCUT2D eigenvalue weighted by Crippen LogP contribution is 2.35. The minimum absolute atomic E-state index is 0.0184. The lowest BCUT2D eigenvalue weighted by molar-refractivity contribution is -0.277. The molecule has 9 N–H and O–H groups in total. The maximum atomic E-state index is 14.9. The van der Waals surface area contributed by atoms with E-state index in [9.17, 15) is 77.1 Å². The molecule has 2 aliphatic rings. The Kier molecular flexibility index (Phi) is 37.8. The maximum absolute atomic E-state index is 14.9. The third-order valence-electron chi connectivity index (χ3n) is 20.3. The van der Waals surface area contributed by atoms with E-state index in [4.69, 9.17) is 46.3 Å². The third-order valence-corrected chi connectivity index (χ3v) is 21.1. The van der Waals surface area contributed by atoms with Crippen LogP contribution in [0.1, 0.15) is 129 Å². The van der Waals surface area contributed by atoms with Crippen LogP contribution in [-0.2, 0) is 93.7 Å². The molecule has 3 heterocycles. The Morgan fingerprint density at radius 3 is 1.97 bits per heavy atom. The number of methoxy groups -OCH3 is 2. The number of benzene rings is 4. The van der Waals surface area contributed by atoms with Gasteiger partial charge < -0.3 is 103 Å². The first-order chi connectivity index (χ1) is 56.7. The molecule has 0 saturated carbocycles. The summed E-state index contributed by atoms with van der Waals surface area (Å²) in [4.78, 5) is 126. The fourth-order valence-corrected chi connectivity index (χ4v) is 14.4. The molecule has 1 aromatic heterocycles. The van der Waals surface area contributed by atoms with E-state index < -0.39 is 162 Å². The highest BCUT2D eigenvalue weighted by molar-refractivity contribution is 7.82. The van der Waals surface area contributed by atoms with Gasteiger partial charge in [-0.2, -0.15) is 0 Å². The second-order valence-corrected chi connectivity index (χ2v) is 30.7. The molecule has 14 atom stereocenters. The average Bonchev–Trinajstić information content (AvgIpc) is 1.10. The number of aliphatic hydroxyl groups excluding tert-OH is 4. The molecule has 7 rings (SSSR count). The summed E-state index contributed by atoms with van der Waals surface area (Å²) in [5, 5.41) is 70.7. The van der Waals surface area contributed by atoms with E-state index in [2.05, 4.69) is 43.4 Å². The van der Waals surface area contributed by atoms with Crippen LogP contribution in [0.25, 0.3) is 0 Å². The Morgan fingerprint density at radius 2 is 1.35 bits per heavy atom. The summed E-state index contributed by atoms with van der Waals surface area (Å²) in [6, 6.07) is 18.7. The molecular weight excluding hydrogens is 1570 g/mol. The summed E-state index contributed by atoms with van der Waals surface area (Å²) in [5.41, 5.74) is 2.20. The number of carboxylic acids is 1. The summed E-state index contributed by atoms with van der Waals surface area (Å²) in [6.07, 6.45) is -8.24. The monoisotopic (exact) mass is 1680 g/mol. The predicted molar refractivity (Wildman–Crippen MR) is 427 cm³/mol. The van der Waals surface area contributed by atoms with Gasteiger partial charge in [-0.05, 0) is 109 Å². The number of aromatic nitrogens is 3. The number of ketones is 1. The largest absolute Gasteiger partial charge is 0.501 e. The number of hydrogen-bond acceptors (Lipinski definition) is 27. The molecule has 4 aromatic carbocycles. The molecule has 0 bridgehead atoms. The number of aliphatic carboxylic acids is 1. The zero-order valence-electron chi connectivity index (χ0n) is 69.0. The number of hydrogen-bond donors (Lipinski definition) is 9. The molecular formula is C82H112N10O26S. The maximum Gasteiger partial charge on any atom is 0.501 e. The van der Waals surface area contributed by atoms with Gasteiger partial charge in [0.1, 0.15) is 60.6 Å². The zero-order valence-corrected chi connectivity index (χ0v) is 69.8. The second kappa shape index (κ2) is 46.9. The number of nitrogens with zero attached hydrogens (tertiary/aromatic N) is 6. The van der Waals surface area contributed by atoms with Gasteiger partial charge in [-0.3, -0.25) is 38.5 Å². The molecule has 2 aliphatic heterocycles. The highest BCUT2D eigenvalue weighted by atomic mass is 32.3. The van der Waals surface area contributed by atoms with Crippen molar-refractivity contribution in [1.29, 1.82) is 0 Å². The molecule has 3 unspecified atom stereocenters. The van der Waals surface area contributed by atoms with E-state index >= 15 is 0 Å². The lowest BCUT2D eigenvalue weighted by Gasteiger charge is -2.41. The van der Waals surface area contributed by atoms with Crippen LogP contribution in [-0.4, -0.2) is 278 Å². The normalized spacial score (nSPS) is 18.6. The van der Waals surface area contributed by atoms with Gasteiger partial charge in [-0.1, -0.05) is 108 Å². The minimum atomic E-state index is -5.16. The number of carbonyl (C=O) groups is 9. The van der Waals surface area contributed by atoms with Crippen LogP contribution in [0.2, 0.25) is 0 Å². The van der Waals surface area contributed by atoms with Gasteiger partial charge in [0.2, 0.25) is 35.7 Å². The molecule has 0 aliphatic carbocycles. The van der Waals surface area contributed by atoms with Crippen LogP contribution in [0.15, 0.2) is 103 Å². The van der Waals surface area contributed by atoms with E-state index in [1.54, 1.807) is 102 Å². The number of aliphatic hydroxyl groups is 4. The van der Waals surface area contributed by atoms with Gasteiger partial charge in [0.25, 0.3) is 11.8 Å². The fraction of sp³-hybridized carbons (Fsp3) is 0.549. The van der Waals surface area contributed by atoms with Crippen molar-refractivity contribution in [2.75, 3.05) is 87.6 Å². The summed E-state index contributed by atoms with van der Waals surface area (Å²) >= 11 is 0. The van der Waals surface area contributed by atoms with Crippen LogP contribution in [0, 0.1) is 35.5 Å².